The second-order valence-electron chi connectivity index (χ2n) is 4.03. The van der Waals surface area contributed by atoms with E-state index in [1.54, 1.807) is 14.2 Å². The smallest absolute Gasteiger partial charge is 0.236 e. The van der Waals surface area contributed by atoms with E-state index in [9.17, 15) is 4.79 Å². The normalized spacial score (nSPS) is 17.8. The molecule has 0 aromatic rings. The number of carbonyl (C=O) groups is 1. The van der Waals surface area contributed by atoms with E-state index in [0.29, 0.717) is 19.7 Å². The summed E-state index contributed by atoms with van der Waals surface area (Å²) < 4.78 is 10.2. The van der Waals surface area contributed by atoms with Crippen LogP contribution in [0.3, 0.4) is 0 Å². The van der Waals surface area contributed by atoms with Crippen molar-refractivity contribution in [2.45, 2.75) is 18.9 Å². The molecular formula is C11H22N2O3. The number of hydrogen-bond acceptors (Lipinski definition) is 4. The summed E-state index contributed by atoms with van der Waals surface area (Å²) in [6, 6.07) is 0. The quantitative estimate of drug-likeness (QED) is 0.661. The Morgan fingerprint density at radius 1 is 1.38 bits per heavy atom. The zero-order valence-corrected chi connectivity index (χ0v) is 10.2. The highest BCUT2D eigenvalue weighted by atomic mass is 16.5. The number of ether oxygens (including phenoxy) is 2. The minimum atomic E-state index is 0.0105. The van der Waals surface area contributed by atoms with Gasteiger partial charge < -0.3 is 19.7 Å². The van der Waals surface area contributed by atoms with E-state index >= 15 is 0 Å². The molecular weight excluding hydrogens is 208 g/mol. The summed E-state index contributed by atoms with van der Waals surface area (Å²) in [4.78, 5) is 13.6. The van der Waals surface area contributed by atoms with Gasteiger partial charge in [-0.3, -0.25) is 4.79 Å². The monoisotopic (exact) mass is 230 g/mol. The molecule has 0 aromatic carbocycles. The SMILES string of the molecule is COCC(CNCC(=O)N1CCCC1)OC. The molecule has 1 amide bonds. The van der Waals surface area contributed by atoms with Crippen LogP contribution in [0.1, 0.15) is 12.8 Å². The third kappa shape index (κ3) is 4.47. The number of rotatable bonds is 7. The Labute approximate surface area is 97.1 Å². The predicted molar refractivity (Wildman–Crippen MR) is 61.4 cm³/mol. The fourth-order valence-corrected chi connectivity index (χ4v) is 1.81. The summed E-state index contributed by atoms with van der Waals surface area (Å²) >= 11 is 0. The Kier molecular flexibility index (Phi) is 6.37. The maximum atomic E-state index is 11.7. The first-order valence-corrected chi connectivity index (χ1v) is 5.78. The molecule has 1 atom stereocenters. The van der Waals surface area contributed by atoms with E-state index < -0.39 is 0 Å². The van der Waals surface area contributed by atoms with Crippen molar-refractivity contribution in [2.24, 2.45) is 0 Å². The standard InChI is InChI=1S/C11H22N2O3/c1-15-9-10(16-2)7-12-8-11(14)13-5-3-4-6-13/h10,12H,3-9H2,1-2H3. The molecule has 0 aliphatic carbocycles. The number of hydrogen-bond donors (Lipinski definition) is 1. The van der Waals surface area contributed by atoms with Crippen LogP contribution in [-0.4, -0.2) is 63.9 Å². The molecule has 5 heteroatoms. The average molecular weight is 230 g/mol. The minimum Gasteiger partial charge on any atom is -0.382 e. The van der Waals surface area contributed by atoms with Crippen molar-refractivity contribution >= 4 is 5.91 Å². The summed E-state index contributed by atoms with van der Waals surface area (Å²) in [6.07, 6.45) is 2.28. The maximum absolute atomic E-state index is 11.7. The van der Waals surface area contributed by atoms with Gasteiger partial charge in [-0.25, -0.2) is 0 Å². The van der Waals surface area contributed by atoms with Gasteiger partial charge in [0.15, 0.2) is 0 Å². The Hall–Kier alpha value is -0.650. The molecule has 5 nitrogen and oxygen atoms in total. The van der Waals surface area contributed by atoms with Crippen LogP contribution in [0, 0.1) is 0 Å². The summed E-state index contributed by atoms with van der Waals surface area (Å²) in [7, 11) is 3.29. The van der Waals surface area contributed by atoms with Crippen molar-refractivity contribution in [1.82, 2.24) is 10.2 Å². The molecule has 0 radical (unpaired) electrons. The molecule has 1 N–H and O–H groups in total. The van der Waals surface area contributed by atoms with E-state index in [2.05, 4.69) is 5.32 Å². The summed E-state index contributed by atoms with van der Waals surface area (Å²) in [5.74, 6) is 0.185. The highest BCUT2D eigenvalue weighted by molar-refractivity contribution is 5.78. The fraction of sp³-hybridized carbons (Fsp3) is 0.909. The van der Waals surface area contributed by atoms with Crippen LogP contribution in [-0.2, 0) is 14.3 Å². The summed E-state index contributed by atoms with van der Waals surface area (Å²) in [5, 5.41) is 3.10. The van der Waals surface area contributed by atoms with Crippen molar-refractivity contribution in [3.05, 3.63) is 0 Å². The Balaban J connectivity index is 2.11. The van der Waals surface area contributed by atoms with Gasteiger partial charge in [0, 0.05) is 33.9 Å². The van der Waals surface area contributed by atoms with Crippen LogP contribution in [0.5, 0.6) is 0 Å². The van der Waals surface area contributed by atoms with Crippen LogP contribution in [0.25, 0.3) is 0 Å². The fourth-order valence-electron chi connectivity index (χ4n) is 1.81. The Morgan fingerprint density at radius 3 is 2.62 bits per heavy atom. The van der Waals surface area contributed by atoms with Gasteiger partial charge in [-0.05, 0) is 12.8 Å². The number of nitrogens with zero attached hydrogens (tertiary/aromatic N) is 1. The average Bonchev–Trinajstić information content (AvgIpc) is 2.81. The third-order valence-corrected chi connectivity index (χ3v) is 2.79. The molecule has 1 unspecified atom stereocenters. The van der Waals surface area contributed by atoms with Gasteiger partial charge in [-0.15, -0.1) is 0 Å². The van der Waals surface area contributed by atoms with Crippen molar-refractivity contribution in [3.8, 4) is 0 Å². The van der Waals surface area contributed by atoms with Gasteiger partial charge in [-0.2, -0.15) is 0 Å². The van der Waals surface area contributed by atoms with E-state index in [1.165, 1.54) is 0 Å². The Morgan fingerprint density at radius 2 is 2.06 bits per heavy atom. The molecule has 1 fully saturated rings. The van der Waals surface area contributed by atoms with Crippen LogP contribution in [0.15, 0.2) is 0 Å². The van der Waals surface area contributed by atoms with Crippen molar-refractivity contribution < 1.29 is 14.3 Å². The highest BCUT2D eigenvalue weighted by Gasteiger charge is 2.17. The van der Waals surface area contributed by atoms with Crippen LogP contribution < -0.4 is 5.32 Å². The molecule has 1 aliphatic rings. The number of amides is 1. The lowest BCUT2D eigenvalue weighted by Crippen LogP contribution is -2.40. The molecule has 0 aromatic heterocycles. The molecule has 0 bridgehead atoms. The van der Waals surface area contributed by atoms with Gasteiger partial charge in [0.05, 0.1) is 19.3 Å². The summed E-state index contributed by atoms with van der Waals surface area (Å²) in [5.41, 5.74) is 0. The number of likely N-dealkylation sites (tertiary alicyclic amines) is 1. The highest BCUT2D eigenvalue weighted by Crippen LogP contribution is 2.06. The van der Waals surface area contributed by atoms with Gasteiger partial charge in [0.2, 0.25) is 5.91 Å². The molecule has 0 spiro atoms. The molecule has 16 heavy (non-hydrogen) atoms. The van der Waals surface area contributed by atoms with Gasteiger partial charge in [0.25, 0.3) is 0 Å². The third-order valence-electron chi connectivity index (χ3n) is 2.79. The van der Waals surface area contributed by atoms with Crippen LogP contribution in [0.4, 0.5) is 0 Å². The maximum Gasteiger partial charge on any atom is 0.236 e. The molecule has 1 heterocycles. The Bertz CT molecular complexity index is 205. The first kappa shape index (κ1) is 13.4. The molecule has 1 aliphatic heterocycles. The second-order valence-corrected chi connectivity index (χ2v) is 4.03. The van der Waals surface area contributed by atoms with Crippen LogP contribution in [0.2, 0.25) is 0 Å². The lowest BCUT2D eigenvalue weighted by Gasteiger charge is -2.18. The van der Waals surface area contributed by atoms with Gasteiger partial charge in [-0.1, -0.05) is 0 Å². The predicted octanol–water partition coefficient (Wildman–Crippen LogP) is -0.140. The van der Waals surface area contributed by atoms with Crippen molar-refractivity contribution in [3.63, 3.8) is 0 Å². The lowest BCUT2D eigenvalue weighted by molar-refractivity contribution is -0.129. The van der Waals surface area contributed by atoms with E-state index in [4.69, 9.17) is 9.47 Å². The minimum absolute atomic E-state index is 0.0105. The largest absolute Gasteiger partial charge is 0.382 e. The molecule has 0 saturated carbocycles. The van der Waals surface area contributed by atoms with Gasteiger partial charge in [0.1, 0.15) is 0 Å². The zero-order chi connectivity index (χ0) is 11.8. The topological polar surface area (TPSA) is 50.8 Å². The molecule has 1 rings (SSSR count). The summed E-state index contributed by atoms with van der Waals surface area (Å²) in [6.45, 7) is 3.40. The van der Waals surface area contributed by atoms with E-state index in [1.807, 2.05) is 4.90 Å². The van der Waals surface area contributed by atoms with Crippen molar-refractivity contribution in [1.29, 1.82) is 0 Å². The van der Waals surface area contributed by atoms with Crippen molar-refractivity contribution in [2.75, 3.05) is 47.0 Å². The first-order chi connectivity index (χ1) is 7.77. The second kappa shape index (κ2) is 7.60. The number of methoxy groups -OCH3 is 2. The lowest BCUT2D eigenvalue weighted by atomic mass is 10.3. The molecule has 94 valence electrons. The van der Waals surface area contributed by atoms with Gasteiger partial charge >= 0.3 is 0 Å². The first-order valence-electron chi connectivity index (χ1n) is 5.78. The molecule has 1 saturated heterocycles. The number of carbonyl (C=O) groups excluding carboxylic acids is 1. The van der Waals surface area contributed by atoms with E-state index in [-0.39, 0.29) is 12.0 Å². The number of nitrogens with one attached hydrogen (secondary N) is 1. The van der Waals surface area contributed by atoms with Crippen LogP contribution >= 0.6 is 0 Å². The zero-order valence-electron chi connectivity index (χ0n) is 10.2. The van der Waals surface area contributed by atoms with E-state index in [0.717, 1.165) is 25.9 Å².